The predicted molar refractivity (Wildman–Crippen MR) is 83.7 cm³/mol. The quantitative estimate of drug-likeness (QED) is 0.894. The highest BCUT2D eigenvalue weighted by molar-refractivity contribution is 6.36. The van der Waals surface area contributed by atoms with Gasteiger partial charge in [-0.2, -0.15) is 0 Å². The van der Waals surface area contributed by atoms with E-state index in [1.165, 1.54) is 12.8 Å². The van der Waals surface area contributed by atoms with Crippen molar-refractivity contribution in [3.05, 3.63) is 39.6 Å². The van der Waals surface area contributed by atoms with E-state index in [0.717, 1.165) is 28.5 Å². The summed E-state index contributed by atoms with van der Waals surface area (Å²) in [5, 5.41) is 4.38. The molecule has 0 bridgehead atoms. The number of halogens is 2. The second-order valence-corrected chi connectivity index (χ2v) is 5.90. The number of nitrogens with zero attached hydrogens (tertiary/aromatic N) is 2. The summed E-state index contributed by atoms with van der Waals surface area (Å²) in [4.78, 5) is 9.32. The average molecular weight is 308 g/mol. The van der Waals surface area contributed by atoms with Crippen LogP contribution in [0.2, 0.25) is 10.0 Å². The number of aromatic nitrogens is 2. The van der Waals surface area contributed by atoms with Gasteiger partial charge in [0.25, 0.3) is 0 Å². The number of benzene rings is 1. The molecule has 5 heteroatoms. The van der Waals surface area contributed by atoms with Crippen molar-refractivity contribution in [1.82, 2.24) is 9.97 Å². The van der Waals surface area contributed by atoms with Crippen LogP contribution in [-0.4, -0.2) is 17.0 Å². The molecule has 1 aliphatic rings. The summed E-state index contributed by atoms with van der Waals surface area (Å²) >= 11 is 12.3. The van der Waals surface area contributed by atoms with Crippen LogP contribution in [0, 0.1) is 6.92 Å². The third-order valence-corrected chi connectivity index (χ3v) is 4.08. The molecule has 1 saturated carbocycles. The molecule has 20 heavy (non-hydrogen) atoms. The van der Waals surface area contributed by atoms with Gasteiger partial charge >= 0.3 is 0 Å². The van der Waals surface area contributed by atoms with Gasteiger partial charge in [-0.3, -0.25) is 0 Å². The molecular weight excluding hydrogens is 293 g/mol. The molecule has 1 heterocycles. The molecule has 0 atom stereocenters. The summed E-state index contributed by atoms with van der Waals surface area (Å²) in [6.45, 7) is 2.00. The fourth-order valence-electron chi connectivity index (χ4n) is 2.25. The monoisotopic (exact) mass is 307 g/mol. The maximum absolute atomic E-state index is 6.31. The molecule has 0 amide bonds. The Labute approximate surface area is 128 Å². The molecule has 1 aromatic carbocycles. The van der Waals surface area contributed by atoms with Crippen molar-refractivity contribution in [3.8, 4) is 11.3 Å². The molecule has 3 rings (SSSR count). The van der Waals surface area contributed by atoms with Crippen LogP contribution in [0.4, 0.5) is 5.82 Å². The van der Waals surface area contributed by atoms with Crippen LogP contribution in [0.15, 0.2) is 18.2 Å². The molecule has 1 aromatic heterocycles. The van der Waals surface area contributed by atoms with Gasteiger partial charge < -0.3 is 5.32 Å². The van der Waals surface area contributed by atoms with E-state index >= 15 is 0 Å². The van der Waals surface area contributed by atoms with Crippen LogP contribution in [0.25, 0.3) is 11.3 Å². The zero-order valence-corrected chi connectivity index (χ0v) is 12.9. The molecule has 1 N–H and O–H groups in total. The van der Waals surface area contributed by atoms with E-state index in [4.69, 9.17) is 28.2 Å². The van der Waals surface area contributed by atoms with Crippen LogP contribution in [-0.2, 0) is 0 Å². The fourth-order valence-corrected chi connectivity index (χ4v) is 2.74. The molecule has 0 unspecified atom stereocenters. The summed E-state index contributed by atoms with van der Waals surface area (Å²) in [5.41, 5.74) is 2.78. The lowest BCUT2D eigenvalue weighted by Crippen LogP contribution is -2.04. The first-order valence-electron chi connectivity index (χ1n) is 6.62. The van der Waals surface area contributed by atoms with E-state index in [2.05, 4.69) is 10.3 Å². The summed E-state index contributed by atoms with van der Waals surface area (Å²) < 4.78 is 0. The zero-order chi connectivity index (χ0) is 14.3. The minimum absolute atomic E-state index is 0.493. The van der Waals surface area contributed by atoms with Crippen molar-refractivity contribution >= 4 is 29.0 Å². The number of hydrogen-bond acceptors (Lipinski definition) is 3. The van der Waals surface area contributed by atoms with Crippen LogP contribution in [0.1, 0.15) is 30.1 Å². The van der Waals surface area contributed by atoms with Crippen LogP contribution < -0.4 is 5.32 Å². The third kappa shape index (κ3) is 2.48. The Morgan fingerprint density at radius 2 is 1.95 bits per heavy atom. The lowest BCUT2D eigenvalue weighted by molar-refractivity contribution is 0.924. The summed E-state index contributed by atoms with van der Waals surface area (Å²) in [6, 6.07) is 5.49. The number of nitrogens with one attached hydrogen (secondary N) is 1. The van der Waals surface area contributed by atoms with E-state index in [-0.39, 0.29) is 0 Å². The van der Waals surface area contributed by atoms with E-state index < -0.39 is 0 Å². The number of hydrogen-bond donors (Lipinski definition) is 1. The topological polar surface area (TPSA) is 37.8 Å². The van der Waals surface area contributed by atoms with Crippen molar-refractivity contribution in [2.75, 3.05) is 12.4 Å². The van der Waals surface area contributed by atoms with E-state index in [1.54, 1.807) is 6.07 Å². The van der Waals surface area contributed by atoms with Gasteiger partial charge in [0, 0.05) is 29.1 Å². The lowest BCUT2D eigenvalue weighted by atomic mass is 10.1. The van der Waals surface area contributed by atoms with Crippen LogP contribution >= 0.6 is 23.2 Å². The fraction of sp³-hybridized carbons (Fsp3) is 0.333. The van der Waals surface area contributed by atoms with E-state index in [0.29, 0.717) is 16.0 Å². The van der Waals surface area contributed by atoms with Gasteiger partial charge in [0.15, 0.2) is 0 Å². The molecule has 1 fully saturated rings. The van der Waals surface area contributed by atoms with Crippen molar-refractivity contribution in [1.29, 1.82) is 0 Å². The smallest absolute Gasteiger partial charge is 0.134 e. The molecule has 3 nitrogen and oxygen atoms in total. The summed E-state index contributed by atoms with van der Waals surface area (Å²) in [5.74, 6) is 2.26. The first-order chi connectivity index (χ1) is 9.60. The van der Waals surface area contributed by atoms with Gasteiger partial charge in [0.2, 0.25) is 0 Å². The van der Waals surface area contributed by atoms with Gasteiger partial charge in [-0.1, -0.05) is 23.2 Å². The van der Waals surface area contributed by atoms with Crippen LogP contribution in [0.5, 0.6) is 0 Å². The van der Waals surface area contributed by atoms with Crippen molar-refractivity contribution in [2.24, 2.45) is 0 Å². The Morgan fingerprint density at radius 1 is 1.20 bits per heavy atom. The summed E-state index contributed by atoms with van der Waals surface area (Å²) in [7, 11) is 1.87. The molecule has 1 aliphatic carbocycles. The molecule has 0 saturated heterocycles. The Balaban J connectivity index is 2.18. The minimum atomic E-state index is 0.493. The van der Waals surface area contributed by atoms with E-state index in [9.17, 15) is 0 Å². The standard InChI is InChI=1S/C15H15Cl2N3/c1-8-13(11-6-5-10(16)7-12(11)17)19-15(9-3-4-9)20-14(8)18-2/h5-7,9H,3-4H2,1-2H3,(H,18,19,20). The molecular formula is C15H15Cl2N3. The number of anilines is 1. The highest BCUT2D eigenvalue weighted by atomic mass is 35.5. The highest BCUT2D eigenvalue weighted by Crippen LogP contribution is 2.41. The van der Waals surface area contributed by atoms with Crippen molar-refractivity contribution in [2.45, 2.75) is 25.7 Å². The molecule has 2 aromatic rings. The molecule has 104 valence electrons. The lowest BCUT2D eigenvalue weighted by Gasteiger charge is -2.13. The average Bonchev–Trinajstić information content (AvgIpc) is 3.24. The normalized spacial score (nSPS) is 14.4. The highest BCUT2D eigenvalue weighted by Gasteiger charge is 2.28. The number of rotatable bonds is 3. The molecule has 0 radical (unpaired) electrons. The van der Waals surface area contributed by atoms with Gasteiger partial charge in [0.1, 0.15) is 11.6 Å². The zero-order valence-electron chi connectivity index (χ0n) is 11.4. The third-order valence-electron chi connectivity index (χ3n) is 3.53. The maximum atomic E-state index is 6.31. The molecule has 0 spiro atoms. The van der Waals surface area contributed by atoms with Gasteiger partial charge in [-0.25, -0.2) is 9.97 Å². The molecule has 0 aliphatic heterocycles. The van der Waals surface area contributed by atoms with E-state index in [1.807, 2.05) is 26.1 Å². The van der Waals surface area contributed by atoms with Gasteiger partial charge in [-0.15, -0.1) is 0 Å². The second kappa shape index (κ2) is 5.23. The first kappa shape index (κ1) is 13.7. The first-order valence-corrected chi connectivity index (χ1v) is 7.37. The van der Waals surface area contributed by atoms with Gasteiger partial charge in [0.05, 0.1) is 10.7 Å². The Hall–Kier alpha value is -1.32. The maximum Gasteiger partial charge on any atom is 0.134 e. The largest absolute Gasteiger partial charge is 0.373 e. The second-order valence-electron chi connectivity index (χ2n) is 5.05. The summed E-state index contributed by atoms with van der Waals surface area (Å²) in [6.07, 6.45) is 2.33. The minimum Gasteiger partial charge on any atom is -0.373 e. The predicted octanol–water partition coefficient (Wildman–Crippen LogP) is 4.68. The van der Waals surface area contributed by atoms with Crippen LogP contribution in [0.3, 0.4) is 0 Å². The Kier molecular flexibility index (Phi) is 3.57. The Morgan fingerprint density at radius 3 is 2.55 bits per heavy atom. The Bertz CT molecular complexity index is 666. The SMILES string of the molecule is CNc1nc(C2CC2)nc(-c2ccc(Cl)cc2Cl)c1C. The van der Waals surface area contributed by atoms with Crippen molar-refractivity contribution < 1.29 is 0 Å². The van der Waals surface area contributed by atoms with Gasteiger partial charge in [-0.05, 0) is 38.0 Å². The van der Waals surface area contributed by atoms with Crippen molar-refractivity contribution in [3.63, 3.8) is 0 Å².